The van der Waals surface area contributed by atoms with Crippen LogP contribution >= 0.6 is 0 Å². The molecule has 45 heavy (non-hydrogen) atoms. The number of H-pyrrole nitrogens is 1. The lowest BCUT2D eigenvalue weighted by atomic mass is 9.92. The standard InChI is InChI=1S/C36H40N6O3/c1-22-17-25(18-26-21-42(14-12-29(22)26)15-13-33(43)39-27-7-9-28(45-5)10-8-27)32-20-38-35-34(40-32)31(19-37-35)24-6-11-30(23(2)16-24)36(44)41(3)4/h6-11,16-20,36,44H,12-15,21H2,1-5H3,(H,37,38)(H,39,43). The number of aromatic nitrogens is 3. The fourth-order valence-corrected chi connectivity index (χ4v) is 6.14. The van der Waals surface area contributed by atoms with Gasteiger partial charge in [0.2, 0.25) is 5.91 Å². The van der Waals surface area contributed by atoms with Gasteiger partial charge in [0.05, 0.1) is 19.0 Å². The molecule has 0 bridgehead atoms. The summed E-state index contributed by atoms with van der Waals surface area (Å²) in [6.07, 6.45) is 4.49. The number of aryl methyl sites for hydroxylation is 2. The molecule has 1 unspecified atom stereocenters. The van der Waals surface area contributed by atoms with Crippen LogP contribution in [0.4, 0.5) is 5.69 Å². The number of ether oxygens (including phenoxy) is 1. The van der Waals surface area contributed by atoms with E-state index in [4.69, 9.17) is 14.7 Å². The molecule has 0 fully saturated rings. The molecule has 9 nitrogen and oxygen atoms in total. The highest BCUT2D eigenvalue weighted by molar-refractivity contribution is 5.92. The third kappa shape index (κ3) is 6.47. The first kappa shape index (κ1) is 30.5. The van der Waals surface area contributed by atoms with E-state index >= 15 is 0 Å². The molecule has 2 aromatic heterocycles. The lowest BCUT2D eigenvalue weighted by Gasteiger charge is -2.30. The Morgan fingerprint density at radius 3 is 2.60 bits per heavy atom. The number of hydrogen-bond donors (Lipinski definition) is 3. The van der Waals surface area contributed by atoms with E-state index in [9.17, 15) is 9.90 Å². The highest BCUT2D eigenvalue weighted by Crippen LogP contribution is 2.33. The van der Waals surface area contributed by atoms with Crippen molar-refractivity contribution in [1.29, 1.82) is 0 Å². The van der Waals surface area contributed by atoms with Crippen LogP contribution < -0.4 is 10.1 Å². The quantitative estimate of drug-likeness (QED) is 0.181. The average molecular weight is 605 g/mol. The van der Waals surface area contributed by atoms with E-state index in [2.05, 4.69) is 40.3 Å². The van der Waals surface area contributed by atoms with Gasteiger partial charge in [0.1, 0.15) is 17.5 Å². The molecule has 0 saturated carbocycles. The second-order valence-corrected chi connectivity index (χ2v) is 12.0. The number of carbonyl (C=O) groups excluding carboxylic acids is 1. The molecule has 9 heteroatoms. The summed E-state index contributed by atoms with van der Waals surface area (Å²) in [5, 5.41) is 13.5. The Balaban J connectivity index is 1.19. The lowest BCUT2D eigenvalue weighted by molar-refractivity contribution is -0.116. The summed E-state index contributed by atoms with van der Waals surface area (Å²) in [6.45, 7) is 6.58. The van der Waals surface area contributed by atoms with Crippen LogP contribution in [0.2, 0.25) is 0 Å². The minimum Gasteiger partial charge on any atom is -0.497 e. The van der Waals surface area contributed by atoms with Gasteiger partial charge in [-0.15, -0.1) is 0 Å². The van der Waals surface area contributed by atoms with Gasteiger partial charge in [0, 0.05) is 49.1 Å². The number of methoxy groups -OCH3 is 1. The highest BCUT2D eigenvalue weighted by Gasteiger charge is 2.21. The first-order chi connectivity index (χ1) is 21.7. The third-order valence-corrected chi connectivity index (χ3v) is 8.69. The molecule has 0 saturated heterocycles. The normalized spacial score (nSPS) is 14.0. The van der Waals surface area contributed by atoms with Crippen LogP contribution in [0.5, 0.6) is 5.75 Å². The van der Waals surface area contributed by atoms with Gasteiger partial charge in [-0.1, -0.05) is 18.2 Å². The molecule has 0 radical (unpaired) electrons. The number of nitrogens with zero attached hydrogens (tertiary/aromatic N) is 4. The number of aliphatic hydroxyl groups is 1. The fraction of sp³-hybridized carbons (Fsp3) is 0.306. The number of benzene rings is 3. The van der Waals surface area contributed by atoms with E-state index in [1.54, 1.807) is 12.0 Å². The predicted molar refractivity (Wildman–Crippen MR) is 178 cm³/mol. The zero-order chi connectivity index (χ0) is 31.7. The Hall–Kier alpha value is -4.57. The number of hydrogen-bond acceptors (Lipinski definition) is 7. The molecule has 3 aromatic carbocycles. The zero-order valence-corrected chi connectivity index (χ0v) is 26.5. The first-order valence-electron chi connectivity index (χ1n) is 15.3. The monoisotopic (exact) mass is 604 g/mol. The average Bonchev–Trinajstić information content (AvgIpc) is 3.47. The SMILES string of the molecule is COc1ccc(NC(=O)CCN2CCc3c(C)cc(-c4cnc5[nH]cc(-c6ccc(C(O)N(C)C)c(C)c6)c5n4)cc3C2)cc1. The Morgan fingerprint density at radius 2 is 1.87 bits per heavy atom. The molecule has 0 aliphatic carbocycles. The molecule has 1 atom stereocenters. The van der Waals surface area contributed by atoms with Gasteiger partial charge < -0.3 is 20.1 Å². The summed E-state index contributed by atoms with van der Waals surface area (Å²) in [4.78, 5) is 29.9. The molecule has 0 spiro atoms. The van der Waals surface area contributed by atoms with Crippen molar-refractivity contribution in [2.75, 3.05) is 39.6 Å². The number of nitrogens with one attached hydrogen (secondary N) is 2. The van der Waals surface area contributed by atoms with Crippen LogP contribution in [0.15, 0.2) is 67.0 Å². The summed E-state index contributed by atoms with van der Waals surface area (Å²) in [6, 6.07) is 17.9. The minimum absolute atomic E-state index is 0.000454. The summed E-state index contributed by atoms with van der Waals surface area (Å²) >= 11 is 0. The van der Waals surface area contributed by atoms with Gasteiger partial charge in [-0.2, -0.15) is 0 Å². The number of anilines is 1. The number of fused-ring (bicyclic) bond motifs is 2. The number of aliphatic hydroxyl groups excluding tert-OH is 1. The number of amides is 1. The van der Waals surface area contributed by atoms with Gasteiger partial charge >= 0.3 is 0 Å². The van der Waals surface area contributed by atoms with Crippen LogP contribution in [0.3, 0.4) is 0 Å². The second-order valence-electron chi connectivity index (χ2n) is 12.0. The number of rotatable bonds is 9. The van der Waals surface area contributed by atoms with Crippen LogP contribution in [0.1, 0.15) is 40.5 Å². The van der Waals surface area contributed by atoms with Crippen molar-refractivity contribution < 1.29 is 14.6 Å². The Kier molecular flexibility index (Phi) is 8.67. The number of aromatic amines is 1. The maximum Gasteiger partial charge on any atom is 0.225 e. The molecule has 3 heterocycles. The van der Waals surface area contributed by atoms with E-state index in [1.807, 2.05) is 69.8 Å². The third-order valence-electron chi connectivity index (χ3n) is 8.69. The largest absolute Gasteiger partial charge is 0.497 e. The maximum absolute atomic E-state index is 12.7. The van der Waals surface area contributed by atoms with Crippen LogP contribution in [0, 0.1) is 13.8 Å². The maximum atomic E-state index is 12.7. The molecule has 6 rings (SSSR count). The van der Waals surface area contributed by atoms with Gasteiger partial charge in [-0.05, 0) is 104 Å². The van der Waals surface area contributed by atoms with Crippen LogP contribution in [-0.4, -0.2) is 70.1 Å². The highest BCUT2D eigenvalue weighted by atomic mass is 16.5. The number of carbonyl (C=O) groups is 1. The van der Waals surface area contributed by atoms with Gasteiger partial charge in [-0.25, -0.2) is 9.97 Å². The van der Waals surface area contributed by atoms with E-state index in [-0.39, 0.29) is 5.91 Å². The Bertz CT molecular complexity index is 1850. The summed E-state index contributed by atoms with van der Waals surface area (Å²) in [7, 11) is 5.34. The topological polar surface area (TPSA) is 107 Å². The van der Waals surface area contributed by atoms with Crippen molar-refractivity contribution in [2.24, 2.45) is 0 Å². The Morgan fingerprint density at radius 1 is 1.09 bits per heavy atom. The van der Waals surface area contributed by atoms with Crippen LogP contribution in [-0.2, 0) is 17.8 Å². The van der Waals surface area contributed by atoms with Crippen molar-refractivity contribution in [1.82, 2.24) is 24.8 Å². The molecule has 5 aromatic rings. The fourth-order valence-electron chi connectivity index (χ4n) is 6.14. The predicted octanol–water partition coefficient (Wildman–Crippen LogP) is 5.86. The molecular weight excluding hydrogens is 564 g/mol. The molecule has 1 amide bonds. The molecule has 1 aliphatic rings. The lowest BCUT2D eigenvalue weighted by Crippen LogP contribution is -2.33. The van der Waals surface area contributed by atoms with E-state index in [0.29, 0.717) is 13.0 Å². The van der Waals surface area contributed by atoms with Gasteiger partial charge in [0.15, 0.2) is 5.65 Å². The van der Waals surface area contributed by atoms with Crippen molar-refractivity contribution in [3.8, 4) is 28.1 Å². The zero-order valence-electron chi connectivity index (χ0n) is 26.5. The van der Waals surface area contributed by atoms with Crippen molar-refractivity contribution in [3.05, 3.63) is 94.8 Å². The van der Waals surface area contributed by atoms with E-state index in [1.165, 1.54) is 16.7 Å². The summed E-state index contributed by atoms with van der Waals surface area (Å²) < 4.78 is 5.20. The van der Waals surface area contributed by atoms with E-state index < -0.39 is 6.23 Å². The minimum atomic E-state index is -0.659. The van der Waals surface area contributed by atoms with E-state index in [0.717, 1.165) is 75.6 Å². The van der Waals surface area contributed by atoms with Crippen molar-refractivity contribution in [2.45, 2.75) is 39.5 Å². The molecular formula is C36H40N6O3. The first-order valence-corrected chi connectivity index (χ1v) is 15.3. The smallest absolute Gasteiger partial charge is 0.225 e. The van der Waals surface area contributed by atoms with Crippen molar-refractivity contribution in [3.63, 3.8) is 0 Å². The second kappa shape index (κ2) is 12.8. The molecule has 1 aliphatic heterocycles. The molecule has 232 valence electrons. The molecule has 3 N–H and O–H groups in total. The van der Waals surface area contributed by atoms with Gasteiger partial charge in [0.25, 0.3) is 0 Å². The summed E-state index contributed by atoms with van der Waals surface area (Å²) in [5.41, 5.74) is 12.0. The van der Waals surface area contributed by atoms with Crippen molar-refractivity contribution >= 4 is 22.8 Å². The Labute approximate surface area is 263 Å². The van der Waals surface area contributed by atoms with Crippen LogP contribution in [0.25, 0.3) is 33.5 Å². The van der Waals surface area contributed by atoms with Gasteiger partial charge in [-0.3, -0.25) is 14.6 Å². The summed E-state index contributed by atoms with van der Waals surface area (Å²) in [5.74, 6) is 0.761.